The van der Waals surface area contributed by atoms with Gasteiger partial charge in [0.2, 0.25) is 0 Å². The summed E-state index contributed by atoms with van der Waals surface area (Å²) >= 11 is 0. The van der Waals surface area contributed by atoms with E-state index >= 15 is 0 Å². The maximum absolute atomic E-state index is 2.34. The Morgan fingerprint density at radius 2 is 1.20 bits per heavy atom. The number of nitrogens with zero attached hydrogens (tertiary/aromatic N) is 1. The van der Waals surface area contributed by atoms with Crippen LogP contribution < -0.4 is 0 Å². The van der Waals surface area contributed by atoms with Gasteiger partial charge < -0.3 is 4.90 Å². The lowest BCUT2D eigenvalue weighted by atomic mass is 10.2. The Morgan fingerprint density at radius 1 is 0.667 bits per heavy atom. The Bertz CT molecular complexity index is 458. The van der Waals surface area contributed by atoms with Crippen LogP contribution in [0.25, 0.3) is 0 Å². The Hall–Kier alpha value is 0.320. The van der Waals surface area contributed by atoms with E-state index in [-0.39, 0.29) is 0 Å². The molecule has 0 saturated carbocycles. The number of unbranched alkanes of at least 4 members (excludes halogenated alkanes) is 2. The first-order chi connectivity index (χ1) is 14.7. The summed E-state index contributed by atoms with van der Waals surface area (Å²) in [5.74, 6) is 3.75. The third-order valence-electron chi connectivity index (χ3n) is 3.99. The van der Waals surface area contributed by atoms with E-state index in [9.17, 15) is 0 Å². The number of hydrogen-bond donors (Lipinski definition) is 0. The molecule has 1 unspecified atom stereocenters. The lowest BCUT2D eigenvalue weighted by molar-refractivity contribution is 0.415. The molecular weight excluding hydrogens is 443 g/mol. The highest BCUT2D eigenvalue weighted by Crippen LogP contribution is 2.33. The van der Waals surface area contributed by atoms with Crippen molar-refractivity contribution >= 4 is 43.2 Å². The molecule has 0 N–H and O–H groups in total. The van der Waals surface area contributed by atoms with Crippen LogP contribution in [-0.2, 0) is 0 Å². The molecule has 0 aromatic rings. The fraction of sp³-hybridized carbons (Fsp3) is 0.680. The van der Waals surface area contributed by atoms with Crippen LogP contribution in [0.15, 0.2) is 48.6 Å². The fourth-order valence-corrected chi connectivity index (χ4v) is 8.24. The average Bonchev–Trinajstić information content (AvgIpc) is 2.72. The summed E-state index contributed by atoms with van der Waals surface area (Å²) in [7, 11) is 12.7. The molecule has 1 nitrogen and oxygen atoms in total. The van der Waals surface area contributed by atoms with E-state index in [2.05, 4.69) is 125 Å². The molecule has 0 aliphatic rings. The van der Waals surface area contributed by atoms with E-state index in [1.54, 1.807) is 0 Å². The van der Waals surface area contributed by atoms with E-state index < -0.39 is 0 Å². The van der Waals surface area contributed by atoms with Crippen molar-refractivity contribution in [3.63, 3.8) is 0 Å². The summed E-state index contributed by atoms with van der Waals surface area (Å²) in [5.41, 5.74) is 0. The van der Waals surface area contributed by atoms with Crippen molar-refractivity contribution < 1.29 is 0 Å². The van der Waals surface area contributed by atoms with Crippen molar-refractivity contribution in [1.29, 1.82) is 0 Å². The molecule has 0 aromatic carbocycles. The lowest BCUT2D eigenvalue weighted by Crippen LogP contribution is -2.24. The quantitative estimate of drug-likeness (QED) is 0.0899. The van der Waals surface area contributed by atoms with Crippen LogP contribution >= 0.6 is 43.2 Å². The summed E-state index contributed by atoms with van der Waals surface area (Å²) in [5, 5.41) is 0.711. The molecule has 0 amide bonds. The first kappa shape index (κ1) is 30.3. The summed E-state index contributed by atoms with van der Waals surface area (Å²) in [6, 6.07) is 0. The van der Waals surface area contributed by atoms with Crippen molar-refractivity contribution in [1.82, 2.24) is 4.90 Å². The van der Waals surface area contributed by atoms with Crippen LogP contribution in [0.5, 0.6) is 0 Å². The molecule has 0 fully saturated rings. The molecule has 0 spiro atoms. The number of hydrogen-bond acceptors (Lipinski definition) is 5. The minimum absolute atomic E-state index is 0.711. The molecule has 5 heteroatoms. The van der Waals surface area contributed by atoms with Crippen LogP contribution in [0, 0.1) is 0 Å². The third kappa shape index (κ3) is 24.6. The Morgan fingerprint density at radius 3 is 1.73 bits per heavy atom. The van der Waals surface area contributed by atoms with Gasteiger partial charge in [-0.3, -0.25) is 0 Å². The van der Waals surface area contributed by atoms with Crippen LogP contribution in [0.2, 0.25) is 0 Å². The molecule has 30 heavy (non-hydrogen) atoms. The predicted octanol–water partition coefficient (Wildman–Crippen LogP) is 9.06. The van der Waals surface area contributed by atoms with Gasteiger partial charge in [0.25, 0.3) is 0 Å². The minimum Gasteiger partial charge on any atom is -0.308 e. The Labute approximate surface area is 204 Å². The molecule has 0 rings (SSSR count). The van der Waals surface area contributed by atoms with E-state index in [1.807, 2.05) is 0 Å². The SMILES string of the molecule is CC/C=C\C/C=C\CCCSSCC(CN(C)C)SSCCC/C=C\C/C=C\CC. The molecule has 174 valence electrons. The zero-order valence-corrected chi connectivity index (χ0v) is 23.0. The van der Waals surface area contributed by atoms with Crippen LogP contribution in [0.4, 0.5) is 0 Å². The number of allylic oxidation sites excluding steroid dienone is 8. The van der Waals surface area contributed by atoms with Gasteiger partial charge >= 0.3 is 0 Å². The normalized spacial score (nSPS) is 13.8. The summed E-state index contributed by atoms with van der Waals surface area (Å²) in [6.45, 7) is 5.54. The van der Waals surface area contributed by atoms with Gasteiger partial charge in [-0.1, -0.05) is 106 Å². The molecule has 1 atom stereocenters. The number of rotatable bonds is 21. The molecule has 0 aliphatic heterocycles. The molecule has 0 radical (unpaired) electrons. The van der Waals surface area contributed by atoms with Gasteiger partial charge in [-0.2, -0.15) is 0 Å². The first-order valence-electron chi connectivity index (χ1n) is 11.5. The maximum atomic E-state index is 2.34. The summed E-state index contributed by atoms with van der Waals surface area (Å²) in [4.78, 5) is 2.33. The fourth-order valence-electron chi connectivity index (χ4n) is 2.48. The van der Waals surface area contributed by atoms with Crippen LogP contribution in [0.1, 0.15) is 65.2 Å². The van der Waals surface area contributed by atoms with E-state index in [4.69, 9.17) is 0 Å². The molecule has 0 heterocycles. The zero-order chi connectivity index (χ0) is 22.1. The Kier molecular flexibility index (Phi) is 25.9. The maximum Gasteiger partial charge on any atom is 0.0377 e. The molecule has 0 saturated heterocycles. The van der Waals surface area contributed by atoms with Crippen LogP contribution in [0.3, 0.4) is 0 Å². The van der Waals surface area contributed by atoms with Gasteiger partial charge in [0.15, 0.2) is 0 Å². The Balaban J connectivity index is 3.73. The molecule has 0 bridgehead atoms. The highest BCUT2D eigenvalue weighted by molar-refractivity contribution is 8.78. The van der Waals surface area contributed by atoms with Crippen LogP contribution in [-0.4, -0.2) is 48.0 Å². The van der Waals surface area contributed by atoms with Crippen molar-refractivity contribution in [3.8, 4) is 0 Å². The highest BCUT2D eigenvalue weighted by Gasteiger charge is 2.11. The van der Waals surface area contributed by atoms with Gasteiger partial charge in [0.1, 0.15) is 0 Å². The minimum atomic E-state index is 0.711. The smallest absolute Gasteiger partial charge is 0.0377 e. The summed E-state index contributed by atoms with van der Waals surface area (Å²) in [6.07, 6.45) is 27.7. The lowest BCUT2D eigenvalue weighted by Gasteiger charge is -2.19. The predicted molar refractivity (Wildman–Crippen MR) is 152 cm³/mol. The second-order valence-electron chi connectivity index (χ2n) is 7.37. The second-order valence-corrected chi connectivity index (χ2v) is 12.8. The van der Waals surface area contributed by atoms with Crippen molar-refractivity contribution in [2.75, 3.05) is 37.9 Å². The largest absolute Gasteiger partial charge is 0.308 e. The molecular formula is C25H45NS4. The van der Waals surface area contributed by atoms with E-state index in [1.165, 1.54) is 49.5 Å². The van der Waals surface area contributed by atoms with Gasteiger partial charge in [-0.25, -0.2) is 0 Å². The van der Waals surface area contributed by atoms with Crippen molar-refractivity contribution in [2.45, 2.75) is 70.5 Å². The zero-order valence-electron chi connectivity index (χ0n) is 19.8. The first-order valence-corrected chi connectivity index (χ1v) is 16.3. The van der Waals surface area contributed by atoms with Crippen molar-refractivity contribution in [3.05, 3.63) is 48.6 Å². The van der Waals surface area contributed by atoms with Gasteiger partial charge in [0.05, 0.1) is 0 Å². The third-order valence-corrected chi connectivity index (χ3v) is 9.67. The van der Waals surface area contributed by atoms with Crippen molar-refractivity contribution in [2.24, 2.45) is 0 Å². The summed E-state index contributed by atoms with van der Waals surface area (Å²) < 4.78 is 0. The monoisotopic (exact) mass is 487 g/mol. The second kappa shape index (κ2) is 25.6. The topological polar surface area (TPSA) is 3.24 Å². The highest BCUT2D eigenvalue weighted by atomic mass is 33.1. The van der Waals surface area contributed by atoms with Gasteiger partial charge in [-0.05, 0) is 65.5 Å². The molecule has 0 aliphatic carbocycles. The van der Waals surface area contributed by atoms with E-state index in [0.29, 0.717) is 5.25 Å². The van der Waals surface area contributed by atoms with E-state index in [0.717, 1.165) is 25.7 Å². The van der Waals surface area contributed by atoms with Gasteiger partial charge in [0, 0.05) is 29.1 Å². The standard InChI is InChI=1S/C25H45NS4/c1-5-7-9-11-13-15-17-19-21-27-29-24-25(23-26(3)4)30-28-22-20-18-16-14-12-10-8-6-2/h7-10,13-16,25H,5-6,11-12,17-24H2,1-4H3/b9-7-,10-8-,15-13-,16-14-. The van der Waals surface area contributed by atoms with Gasteiger partial charge in [-0.15, -0.1) is 0 Å². The molecule has 0 aromatic heterocycles. The average molecular weight is 488 g/mol.